The molecule has 6 aliphatic rings. The quantitative estimate of drug-likeness (QED) is 0.338. The molecule has 2 amide bonds. The molecule has 8 rings (SSSR count). The Hall–Kier alpha value is -2.62. The Bertz CT molecular complexity index is 1500. The lowest BCUT2D eigenvalue weighted by Crippen LogP contribution is -2.70. The van der Waals surface area contributed by atoms with Crippen LogP contribution in [0.5, 0.6) is 0 Å². The number of ether oxygens (including phenoxy) is 3. The number of fused-ring (bicyclic) bond motifs is 5. The molecule has 0 unspecified atom stereocenters. The van der Waals surface area contributed by atoms with Crippen molar-refractivity contribution in [2.45, 2.75) is 80.9 Å². The van der Waals surface area contributed by atoms with Crippen LogP contribution < -0.4 is 5.32 Å². The molecule has 12 heteroatoms. The second kappa shape index (κ2) is 10.7. The molecule has 2 aromatic carbocycles. The van der Waals surface area contributed by atoms with Gasteiger partial charge in [0.05, 0.1) is 13.2 Å². The van der Waals surface area contributed by atoms with E-state index in [0.717, 1.165) is 20.3 Å². The van der Waals surface area contributed by atoms with Crippen molar-refractivity contribution in [3.05, 3.63) is 68.8 Å². The molecule has 7 atom stereocenters. The van der Waals surface area contributed by atoms with E-state index in [9.17, 15) is 19.5 Å². The predicted octanol–water partition coefficient (Wildman–Crippen LogP) is 1.47. The molecule has 232 valence electrons. The topological polar surface area (TPSA) is 127 Å². The summed E-state index contributed by atoms with van der Waals surface area (Å²) in [6, 6.07) is 14.3. The van der Waals surface area contributed by atoms with E-state index in [-0.39, 0.29) is 37.9 Å². The minimum absolute atomic E-state index is 0.105. The van der Waals surface area contributed by atoms with Crippen molar-refractivity contribution in [3.8, 4) is 0 Å². The third-order valence-corrected chi connectivity index (χ3v) is 10.8. The molecule has 11 nitrogen and oxygen atoms in total. The van der Waals surface area contributed by atoms with Gasteiger partial charge in [0.2, 0.25) is 11.8 Å². The van der Waals surface area contributed by atoms with Crippen molar-refractivity contribution in [1.82, 2.24) is 15.3 Å². The summed E-state index contributed by atoms with van der Waals surface area (Å²) in [5.41, 5.74) is 1.90. The molecule has 2 aliphatic carbocycles. The summed E-state index contributed by atoms with van der Waals surface area (Å²) in [5, 5.41) is 13.6. The van der Waals surface area contributed by atoms with E-state index in [1.165, 1.54) is 0 Å². The number of nitrogens with zero attached hydrogens (tertiary/aromatic N) is 2. The Labute approximate surface area is 268 Å². The van der Waals surface area contributed by atoms with Crippen LogP contribution in [0, 0.1) is 8.99 Å². The number of likely N-dealkylation sites (tertiary alicyclic amines) is 1. The first-order chi connectivity index (χ1) is 21.3. The van der Waals surface area contributed by atoms with Crippen LogP contribution in [0.3, 0.4) is 0 Å². The molecule has 2 aromatic rings. The SMILES string of the molecule is O=C(NCCO)[C@H]1CCCN1C(=O)[C@@]12C[C@H]3OC(=O)[C@@H]1N(Cc1cccc(I)c1)O[C@@H]2[C@H]1OC2(Cc4ccccc4C2)O[C@H]13. The Morgan fingerprint density at radius 2 is 1.84 bits per heavy atom. The maximum atomic E-state index is 14.9. The van der Waals surface area contributed by atoms with Gasteiger partial charge in [-0.05, 0) is 64.3 Å². The van der Waals surface area contributed by atoms with Crippen molar-refractivity contribution in [1.29, 1.82) is 0 Å². The van der Waals surface area contributed by atoms with Crippen molar-refractivity contribution in [2.75, 3.05) is 19.7 Å². The highest BCUT2D eigenvalue weighted by Gasteiger charge is 2.77. The number of hydrogen-bond donors (Lipinski definition) is 2. The lowest BCUT2D eigenvalue weighted by Gasteiger charge is -2.50. The average Bonchev–Trinajstić information content (AvgIpc) is 3.78. The minimum atomic E-state index is -1.33. The first-order valence-corrected chi connectivity index (χ1v) is 16.4. The van der Waals surface area contributed by atoms with Gasteiger partial charge in [-0.2, -0.15) is 5.06 Å². The second-order valence-electron chi connectivity index (χ2n) is 12.7. The maximum Gasteiger partial charge on any atom is 0.327 e. The number of carbonyl (C=O) groups excluding carboxylic acids is 3. The highest BCUT2D eigenvalue weighted by molar-refractivity contribution is 14.1. The van der Waals surface area contributed by atoms with Crippen LogP contribution in [-0.2, 0) is 52.8 Å². The molecular weight excluding hydrogens is 681 g/mol. The molecule has 4 aliphatic heterocycles. The zero-order valence-electron chi connectivity index (χ0n) is 24.0. The highest BCUT2D eigenvalue weighted by atomic mass is 127. The van der Waals surface area contributed by atoms with Gasteiger partial charge in [0.15, 0.2) is 11.8 Å². The molecule has 2 bridgehead atoms. The van der Waals surface area contributed by atoms with Crippen molar-refractivity contribution >= 4 is 40.4 Å². The smallest absolute Gasteiger partial charge is 0.327 e. The number of benzene rings is 2. The average molecular weight is 716 g/mol. The number of rotatable bonds is 6. The van der Waals surface area contributed by atoms with Crippen LogP contribution in [0.1, 0.15) is 36.0 Å². The van der Waals surface area contributed by atoms with E-state index in [1.54, 1.807) is 9.96 Å². The van der Waals surface area contributed by atoms with Gasteiger partial charge in [0, 0.05) is 35.9 Å². The maximum absolute atomic E-state index is 14.9. The van der Waals surface area contributed by atoms with Gasteiger partial charge < -0.3 is 29.5 Å². The fraction of sp³-hybridized carbons (Fsp3) is 0.531. The summed E-state index contributed by atoms with van der Waals surface area (Å²) in [7, 11) is 0. The number of nitrogens with one attached hydrogen (secondary N) is 1. The van der Waals surface area contributed by atoms with Crippen molar-refractivity contribution in [3.63, 3.8) is 0 Å². The predicted molar refractivity (Wildman–Crippen MR) is 161 cm³/mol. The first kappa shape index (κ1) is 28.8. The van der Waals surface area contributed by atoms with Gasteiger partial charge >= 0.3 is 5.97 Å². The van der Waals surface area contributed by atoms with Crippen molar-refractivity contribution in [2.24, 2.45) is 5.41 Å². The number of amides is 2. The van der Waals surface area contributed by atoms with Crippen LogP contribution in [0.2, 0.25) is 0 Å². The number of hydrogen-bond acceptors (Lipinski definition) is 9. The molecule has 2 N–H and O–H groups in total. The Morgan fingerprint density at radius 3 is 2.59 bits per heavy atom. The van der Waals surface area contributed by atoms with Gasteiger partial charge in [-0.1, -0.05) is 36.4 Å². The second-order valence-corrected chi connectivity index (χ2v) is 14.0. The number of halogens is 1. The van der Waals surface area contributed by atoms with Crippen LogP contribution in [0.25, 0.3) is 0 Å². The number of aliphatic hydroxyl groups is 1. The number of aliphatic hydroxyl groups excluding tert-OH is 1. The van der Waals surface area contributed by atoms with E-state index >= 15 is 0 Å². The lowest BCUT2D eigenvalue weighted by molar-refractivity contribution is -0.218. The summed E-state index contributed by atoms with van der Waals surface area (Å²) in [4.78, 5) is 50.3. The van der Waals surface area contributed by atoms with Gasteiger partial charge in [0.25, 0.3) is 0 Å². The summed E-state index contributed by atoms with van der Waals surface area (Å²) < 4.78 is 20.7. The molecule has 1 spiro atoms. The first-order valence-electron chi connectivity index (χ1n) is 15.3. The molecular formula is C32H34IN3O8. The number of carbonyl (C=O) groups is 3. The molecule has 5 fully saturated rings. The van der Waals surface area contributed by atoms with Crippen LogP contribution in [-0.4, -0.2) is 94.8 Å². The van der Waals surface area contributed by atoms with Gasteiger partial charge in [-0.25, -0.2) is 0 Å². The Morgan fingerprint density at radius 1 is 1.07 bits per heavy atom. The molecule has 0 aromatic heterocycles. The summed E-state index contributed by atoms with van der Waals surface area (Å²) in [6.45, 7) is 0.566. The summed E-state index contributed by atoms with van der Waals surface area (Å²) >= 11 is 2.24. The van der Waals surface area contributed by atoms with Crippen LogP contribution in [0.15, 0.2) is 48.5 Å². The molecule has 44 heavy (non-hydrogen) atoms. The van der Waals surface area contributed by atoms with Gasteiger partial charge in [-0.3, -0.25) is 19.2 Å². The fourth-order valence-corrected chi connectivity index (χ4v) is 9.01. The van der Waals surface area contributed by atoms with Crippen molar-refractivity contribution < 1.29 is 38.5 Å². The zero-order valence-corrected chi connectivity index (χ0v) is 26.2. The highest BCUT2D eigenvalue weighted by Crippen LogP contribution is 2.59. The monoisotopic (exact) mass is 715 g/mol. The fourth-order valence-electron chi connectivity index (χ4n) is 8.40. The van der Waals surface area contributed by atoms with E-state index in [4.69, 9.17) is 19.0 Å². The molecule has 0 radical (unpaired) electrons. The Balaban J connectivity index is 1.18. The summed E-state index contributed by atoms with van der Waals surface area (Å²) in [5.74, 6) is -2.06. The zero-order chi connectivity index (χ0) is 30.2. The van der Waals surface area contributed by atoms with Gasteiger partial charge in [0.1, 0.15) is 35.9 Å². The normalized spacial score (nSPS) is 34.6. The number of hydroxylamine groups is 2. The van der Waals surface area contributed by atoms with Crippen LogP contribution in [0.4, 0.5) is 0 Å². The van der Waals surface area contributed by atoms with Gasteiger partial charge in [-0.15, -0.1) is 0 Å². The third-order valence-electron chi connectivity index (χ3n) is 10.1. The molecule has 4 heterocycles. The molecule has 1 saturated carbocycles. The number of esters is 1. The van der Waals surface area contributed by atoms with E-state index in [2.05, 4.69) is 40.0 Å². The van der Waals surface area contributed by atoms with E-state index in [1.807, 2.05) is 36.4 Å². The summed E-state index contributed by atoms with van der Waals surface area (Å²) in [6.07, 6.45) is -0.291. The minimum Gasteiger partial charge on any atom is -0.458 e. The largest absolute Gasteiger partial charge is 0.458 e. The van der Waals surface area contributed by atoms with E-state index in [0.29, 0.717) is 32.2 Å². The Kier molecular flexibility index (Phi) is 7.03. The molecule has 4 saturated heterocycles. The standard InChI is InChI=1S/C32H34IN3O8/c33-21-8-3-5-18(13-21)17-36-26-29(39)41-23-16-32(26,30(40)35-11-4-9-22(35)28(38)34-10-12-37)27(44-36)25-24(23)42-31(43-25)14-19-6-1-2-7-20(19)15-31/h1-3,5-8,13,22-27,37H,4,9-12,14-17H2,(H,34,38)/t22-,23-,24+,25+,26+,27-,32+/m1/s1. The lowest BCUT2D eigenvalue weighted by atomic mass is 9.62. The van der Waals surface area contributed by atoms with E-state index < -0.39 is 53.7 Å². The third kappa shape index (κ3) is 4.36. The van der Waals surface area contributed by atoms with Crippen LogP contribution >= 0.6 is 22.6 Å².